The molecule has 0 radical (unpaired) electrons. The Morgan fingerprint density at radius 1 is 0.538 bits per heavy atom. The molecule has 4 heteroatoms. The van der Waals surface area contributed by atoms with Crippen LogP contribution in [0.4, 0.5) is 0 Å². The molecule has 0 aromatic carbocycles. The molecule has 0 aliphatic rings. The molecule has 0 aliphatic heterocycles. The van der Waals surface area contributed by atoms with E-state index in [4.69, 9.17) is 4.74 Å². The van der Waals surface area contributed by atoms with Crippen LogP contribution in [0.2, 0.25) is 0 Å². The van der Waals surface area contributed by atoms with Gasteiger partial charge in [0.15, 0.2) is 0 Å². The summed E-state index contributed by atoms with van der Waals surface area (Å²) < 4.78 is 6.00. The van der Waals surface area contributed by atoms with Gasteiger partial charge in [0.2, 0.25) is 0 Å². The van der Waals surface area contributed by atoms with Gasteiger partial charge in [-0.2, -0.15) is 0 Å². The van der Waals surface area contributed by atoms with E-state index in [0.717, 1.165) is 45.2 Å². The van der Waals surface area contributed by atoms with Crippen molar-refractivity contribution in [3.63, 3.8) is 0 Å². The second kappa shape index (κ2) is 31.9. The Kier molecular flexibility index (Phi) is 31.4. The average molecular weight is 554 g/mol. The number of rotatable bonds is 32. The van der Waals surface area contributed by atoms with Crippen molar-refractivity contribution in [1.82, 2.24) is 4.90 Å². The standard InChI is InChI=1S/C35H71NO3/c1-4-7-10-13-16-21-27-34(28-22-17-14-11-8-5-2)39-35(38)29-23-18-15-20-25-31-36(32-26-33-37)30-24-19-12-9-6-3/h34,37H,4-33H2,1-3H3. The van der Waals surface area contributed by atoms with E-state index < -0.39 is 0 Å². The lowest BCUT2D eigenvalue weighted by Gasteiger charge is -2.22. The third kappa shape index (κ3) is 28.7. The second-order valence-corrected chi connectivity index (χ2v) is 12.1. The minimum absolute atomic E-state index is 0.0372. The van der Waals surface area contributed by atoms with Gasteiger partial charge < -0.3 is 14.7 Å². The van der Waals surface area contributed by atoms with E-state index in [1.165, 1.54) is 135 Å². The van der Waals surface area contributed by atoms with Gasteiger partial charge in [-0.15, -0.1) is 0 Å². The fourth-order valence-corrected chi connectivity index (χ4v) is 5.52. The van der Waals surface area contributed by atoms with Gasteiger partial charge in [0.25, 0.3) is 0 Å². The molecule has 39 heavy (non-hydrogen) atoms. The molecule has 0 bridgehead atoms. The first-order chi connectivity index (χ1) is 19.2. The van der Waals surface area contributed by atoms with Crippen molar-refractivity contribution in [2.45, 2.75) is 194 Å². The van der Waals surface area contributed by atoms with E-state index in [-0.39, 0.29) is 12.1 Å². The lowest BCUT2D eigenvalue weighted by molar-refractivity contribution is -0.150. The van der Waals surface area contributed by atoms with E-state index in [9.17, 15) is 9.90 Å². The lowest BCUT2D eigenvalue weighted by Crippen LogP contribution is -2.27. The van der Waals surface area contributed by atoms with Crippen molar-refractivity contribution >= 4 is 5.97 Å². The van der Waals surface area contributed by atoms with E-state index in [1.54, 1.807) is 0 Å². The van der Waals surface area contributed by atoms with Crippen LogP contribution in [0.3, 0.4) is 0 Å². The molecule has 234 valence electrons. The summed E-state index contributed by atoms with van der Waals surface area (Å²) in [7, 11) is 0. The predicted octanol–water partition coefficient (Wildman–Crippen LogP) is 10.4. The monoisotopic (exact) mass is 554 g/mol. The van der Waals surface area contributed by atoms with E-state index >= 15 is 0 Å². The summed E-state index contributed by atoms with van der Waals surface area (Å²) in [6, 6.07) is 0. The van der Waals surface area contributed by atoms with Crippen molar-refractivity contribution in [3.8, 4) is 0 Å². The number of carbonyl (C=O) groups is 1. The van der Waals surface area contributed by atoms with Crippen molar-refractivity contribution < 1.29 is 14.6 Å². The number of aliphatic hydroxyl groups excluding tert-OH is 1. The minimum Gasteiger partial charge on any atom is -0.462 e. The van der Waals surface area contributed by atoms with Crippen LogP contribution in [-0.2, 0) is 9.53 Å². The van der Waals surface area contributed by atoms with Crippen molar-refractivity contribution in [2.75, 3.05) is 26.2 Å². The molecule has 0 aromatic rings. The number of esters is 1. The Morgan fingerprint density at radius 3 is 1.38 bits per heavy atom. The SMILES string of the molecule is CCCCCCCCC(CCCCCCCC)OC(=O)CCCCCCCN(CCCO)CCCCCCC. The molecule has 0 fully saturated rings. The maximum atomic E-state index is 12.6. The van der Waals surface area contributed by atoms with Gasteiger partial charge in [-0.1, -0.05) is 130 Å². The summed E-state index contributed by atoms with van der Waals surface area (Å²) in [5, 5.41) is 9.22. The Bertz CT molecular complexity index is 469. The van der Waals surface area contributed by atoms with Crippen molar-refractivity contribution in [3.05, 3.63) is 0 Å². The number of unbranched alkanes of at least 4 members (excludes halogenated alkanes) is 18. The normalized spacial score (nSPS) is 11.6. The van der Waals surface area contributed by atoms with Crippen LogP contribution < -0.4 is 0 Å². The van der Waals surface area contributed by atoms with Gasteiger partial charge >= 0.3 is 5.97 Å². The van der Waals surface area contributed by atoms with Crippen molar-refractivity contribution in [1.29, 1.82) is 0 Å². The predicted molar refractivity (Wildman–Crippen MR) is 170 cm³/mol. The first-order valence-electron chi connectivity index (χ1n) is 17.7. The summed E-state index contributed by atoms with van der Waals surface area (Å²) in [6.07, 6.45) is 31.7. The van der Waals surface area contributed by atoms with Crippen LogP contribution in [-0.4, -0.2) is 48.3 Å². The zero-order valence-electron chi connectivity index (χ0n) is 27.0. The van der Waals surface area contributed by atoms with Crippen LogP contribution in [0, 0.1) is 0 Å². The molecule has 4 nitrogen and oxygen atoms in total. The summed E-state index contributed by atoms with van der Waals surface area (Å²) in [4.78, 5) is 15.1. The quantitative estimate of drug-likeness (QED) is 0.0665. The highest BCUT2D eigenvalue weighted by Crippen LogP contribution is 2.18. The van der Waals surface area contributed by atoms with Crippen LogP contribution in [0.5, 0.6) is 0 Å². The number of aliphatic hydroxyl groups is 1. The zero-order chi connectivity index (χ0) is 28.7. The summed E-state index contributed by atoms with van der Waals surface area (Å²) >= 11 is 0. The topological polar surface area (TPSA) is 49.8 Å². The van der Waals surface area contributed by atoms with E-state index in [0.29, 0.717) is 13.0 Å². The van der Waals surface area contributed by atoms with Crippen LogP contribution in [0.15, 0.2) is 0 Å². The highest BCUT2D eigenvalue weighted by atomic mass is 16.5. The Balaban J connectivity index is 4.10. The highest BCUT2D eigenvalue weighted by Gasteiger charge is 2.14. The molecule has 0 unspecified atom stereocenters. The van der Waals surface area contributed by atoms with Gasteiger partial charge in [-0.25, -0.2) is 0 Å². The largest absolute Gasteiger partial charge is 0.462 e. The summed E-state index contributed by atoms with van der Waals surface area (Å²) in [5.74, 6) is 0.0372. The summed E-state index contributed by atoms with van der Waals surface area (Å²) in [5.41, 5.74) is 0. The molecule has 1 N–H and O–H groups in total. The molecule has 0 saturated heterocycles. The highest BCUT2D eigenvalue weighted by molar-refractivity contribution is 5.69. The third-order valence-corrected chi connectivity index (χ3v) is 8.12. The molecule has 0 aliphatic carbocycles. The molecular weight excluding hydrogens is 482 g/mol. The van der Waals surface area contributed by atoms with E-state index in [1.807, 2.05) is 0 Å². The van der Waals surface area contributed by atoms with E-state index in [2.05, 4.69) is 25.7 Å². The van der Waals surface area contributed by atoms with Crippen LogP contribution >= 0.6 is 0 Å². The Morgan fingerprint density at radius 2 is 0.923 bits per heavy atom. The maximum absolute atomic E-state index is 12.6. The van der Waals surface area contributed by atoms with Gasteiger partial charge in [0.05, 0.1) is 0 Å². The molecule has 0 aromatic heterocycles. The first kappa shape index (κ1) is 38.4. The number of ether oxygens (including phenoxy) is 1. The number of hydrogen-bond donors (Lipinski definition) is 1. The van der Waals surface area contributed by atoms with Crippen LogP contribution in [0.1, 0.15) is 188 Å². The molecule has 0 heterocycles. The molecule has 0 saturated carbocycles. The first-order valence-corrected chi connectivity index (χ1v) is 17.7. The molecule has 0 spiro atoms. The fraction of sp³-hybridized carbons (Fsp3) is 0.971. The minimum atomic E-state index is 0.0372. The smallest absolute Gasteiger partial charge is 0.306 e. The number of carbonyl (C=O) groups excluding carboxylic acids is 1. The third-order valence-electron chi connectivity index (χ3n) is 8.12. The fourth-order valence-electron chi connectivity index (χ4n) is 5.52. The van der Waals surface area contributed by atoms with Crippen molar-refractivity contribution in [2.24, 2.45) is 0 Å². The molecule has 0 rings (SSSR count). The average Bonchev–Trinajstić information content (AvgIpc) is 2.94. The summed E-state index contributed by atoms with van der Waals surface area (Å²) in [6.45, 7) is 10.4. The van der Waals surface area contributed by atoms with Gasteiger partial charge in [0.1, 0.15) is 6.10 Å². The number of hydrogen-bond acceptors (Lipinski definition) is 4. The molecule has 0 atom stereocenters. The maximum Gasteiger partial charge on any atom is 0.306 e. The number of nitrogens with zero attached hydrogens (tertiary/aromatic N) is 1. The van der Waals surface area contributed by atoms with Crippen LogP contribution in [0.25, 0.3) is 0 Å². The molecule has 0 amide bonds. The zero-order valence-corrected chi connectivity index (χ0v) is 27.0. The Labute approximate surface area is 245 Å². The Hall–Kier alpha value is -0.610. The van der Waals surface area contributed by atoms with Gasteiger partial charge in [0, 0.05) is 19.6 Å². The van der Waals surface area contributed by atoms with Gasteiger partial charge in [-0.05, 0) is 64.5 Å². The molecular formula is C35H71NO3. The lowest BCUT2D eigenvalue weighted by atomic mass is 10.0. The van der Waals surface area contributed by atoms with Gasteiger partial charge in [-0.3, -0.25) is 4.79 Å². The second-order valence-electron chi connectivity index (χ2n) is 12.1.